The summed E-state index contributed by atoms with van der Waals surface area (Å²) in [5.74, 6) is 0.660. The summed E-state index contributed by atoms with van der Waals surface area (Å²) in [5.41, 5.74) is 0.296. The highest BCUT2D eigenvalue weighted by Gasteiger charge is 2.36. The van der Waals surface area contributed by atoms with Gasteiger partial charge in [0.15, 0.2) is 0 Å². The first-order valence-electron chi connectivity index (χ1n) is 8.04. The van der Waals surface area contributed by atoms with Crippen molar-refractivity contribution in [2.24, 2.45) is 11.3 Å². The minimum absolute atomic E-state index is 0.240. The molecule has 2 rings (SSSR count). The van der Waals surface area contributed by atoms with Gasteiger partial charge in [-0.25, -0.2) is 0 Å². The zero-order valence-corrected chi connectivity index (χ0v) is 13.8. The van der Waals surface area contributed by atoms with E-state index in [2.05, 4.69) is 44.8 Å². The van der Waals surface area contributed by atoms with Crippen LogP contribution in [0.3, 0.4) is 0 Å². The monoisotopic (exact) mass is 284 g/mol. The normalized spacial score (nSPS) is 33.6. The molecule has 0 spiro atoms. The Morgan fingerprint density at radius 1 is 1.25 bits per heavy atom. The maximum atomic E-state index is 5.84. The highest BCUT2D eigenvalue weighted by atomic mass is 16.6. The Morgan fingerprint density at radius 3 is 2.55 bits per heavy atom. The van der Waals surface area contributed by atoms with Crippen molar-refractivity contribution in [3.63, 3.8) is 0 Å². The van der Waals surface area contributed by atoms with E-state index in [0.29, 0.717) is 23.4 Å². The molecule has 1 N–H and O–H groups in total. The molecule has 3 atom stereocenters. The zero-order chi connectivity index (χ0) is 14.8. The summed E-state index contributed by atoms with van der Waals surface area (Å²) in [6.45, 7) is 17.0. The van der Waals surface area contributed by atoms with Crippen molar-refractivity contribution >= 4 is 0 Å². The minimum atomic E-state index is 0.240. The molecule has 0 aromatic heterocycles. The van der Waals surface area contributed by atoms with Crippen LogP contribution >= 0.6 is 0 Å². The Morgan fingerprint density at radius 2 is 2.00 bits per heavy atom. The number of hydrogen-bond donors (Lipinski definition) is 1. The van der Waals surface area contributed by atoms with Crippen LogP contribution in [-0.4, -0.2) is 62.5 Å². The topological polar surface area (TPSA) is 33.7 Å². The Bertz CT molecular complexity index is 295. The fourth-order valence-electron chi connectivity index (χ4n) is 3.18. The molecule has 2 saturated heterocycles. The predicted molar refractivity (Wildman–Crippen MR) is 82.0 cm³/mol. The fraction of sp³-hybridized carbons (Fsp3) is 1.00. The minimum Gasteiger partial charge on any atom is -0.376 e. The van der Waals surface area contributed by atoms with E-state index in [4.69, 9.17) is 9.47 Å². The molecule has 118 valence electrons. The summed E-state index contributed by atoms with van der Waals surface area (Å²) < 4.78 is 11.4. The molecule has 0 radical (unpaired) electrons. The summed E-state index contributed by atoms with van der Waals surface area (Å²) in [4.78, 5) is 2.62. The van der Waals surface area contributed by atoms with Crippen molar-refractivity contribution in [3.05, 3.63) is 0 Å². The Labute approximate surface area is 124 Å². The Balaban J connectivity index is 1.98. The summed E-state index contributed by atoms with van der Waals surface area (Å²) in [5, 5.41) is 3.74. The molecule has 2 aliphatic rings. The van der Waals surface area contributed by atoms with E-state index < -0.39 is 0 Å². The Kier molecular flexibility index (Phi) is 5.46. The molecular formula is C16H32N2O2. The third-order valence-electron chi connectivity index (χ3n) is 4.60. The van der Waals surface area contributed by atoms with Gasteiger partial charge in [0.25, 0.3) is 0 Å². The molecular weight excluding hydrogens is 252 g/mol. The molecule has 2 heterocycles. The number of ether oxygens (including phenoxy) is 2. The number of nitrogens with zero attached hydrogens (tertiary/aromatic N) is 1. The van der Waals surface area contributed by atoms with E-state index in [1.165, 1.54) is 0 Å². The lowest BCUT2D eigenvalue weighted by Gasteiger charge is -2.47. The largest absolute Gasteiger partial charge is 0.376 e. The molecule has 2 aliphatic heterocycles. The molecule has 0 amide bonds. The van der Waals surface area contributed by atoms with Crippen LogP contribution < -0.4 is 5.32 Å². The van der Waals surface area contributed by atoms with Crippen molar-refractivity contribution in [1.29, 1.82) is 0 Å². The summed E-state index contributed by atoms with van der Waals surface area (Å²) in [6, 6.07) is 1.14. The van der Waals surface area contributed by atoms with Crippen LogP contribution in [-0.2, 0) is 9.47 Å². The average Bonchev–Trinajstić information content (AvgIpc) is 2.38. The molecule has 0 aliphatic carbocycles. The van der Waals surface area contributed by atoms with Crippen molar-refractivity contribution in [3.8, 4) is 0 Å². The van der Waals surface area contributed by atoms with Crippen LogP contribution in [0, 0.1) is 11.3 Å². The van der Waals surface area contributed by atoms with Gasteiger partial charge in [-0.05, 0) is 11.3 Å². The first kappa shape index (κ1) is 16.2. The van der Waals surface area contributed by atoms with E-state index in [1.807, 2.05) is 0 Å². The SMILES string of the molecule is CC(C)C1CNC(C(C)(C)C)CN1CC1COCCO1. The third-order valence-corrected chi connectivity index (χ3v) is 4.60. The second kappa shape index (κ2) is 6.73. The van der Waals surface area contributed by atoms with Gasteiger partial charge in [0, 0.05) is 31.7 Å². The van der Waals surface area contributed by atoms with Crippen LogP contribution in [0.25, 0.3) is 0 Å². The predicted octanol–water partition coefficient (Wildman–Crippen LogP) is 1.75. The number of rotatable bonds is 3. The van der Waals surface area contributed by atoms with Gasteiger partial charge >= 0.3 is 0 Å². The first-order chi connectivity index (χ1) is 9.38. The van der Waals surface area contributed by atoms with Gasteiger partial charge in [0.2, 0.25) is 0 Å². The number of nitrogens with one attached hydrogen (secondary N) is 1. The second-order valence-corrected chi connectivity index (χ2v) is 7.66. The number of piperazine rings is 1. The summed E-state index contributed by atoms with van der Waals surface area (Å²) in [7, 11) is 0. The fourth-order valence-corrected chi connectivity index (χ4v) is 3.18. The van der Waals surface area contributed by atoms with Gasteiger partial charge < -0.3 is 14.8 Å². The lowest BCUT2D eigenvalue weighted by molar-refractivity contribution is -0.106. The molecule has 20 heavy (non-hydrogen) atoms. The highest BCUT2D eigenvalue weighted by Crippen LogP contribution is 2.26. The summed E-state index contributed by atoms with van der Waals surface area (Å²) >= 11 is 0. The second-order valence-electron chi connectivity index (χ2n) is 7.66. The van der Waals surface area contributed by atoms with E-state index in [0.717, 1.165) is 39.5 Å². The van der Waals surface area contributed by atoms with E-state index >= 15 is 0 Å². The smallest absolute Gasteiger partial charge is 0.0936 e. The van der Waals surface area contributed by atoms with Crippen LogP contribution in [0.4, 0.5) is 0 Å². The standard InChI is InChI=1S/C16H32N2O2/c1-12(2)14-8-17-15(16(3,4)5)10-18(14)9-13-11-19-6-7-20-13/h12-15,17H,6-11H2,1-5H3. The highest BCUT2D eigenvalue weighted by molar-refractivity contribution is 4.93. The van der Waals surface area contributed by atoms with Crippen molar-refractivity contribution < 1.29 is 9.47 Å². The van der Waals surface area contributed by atoms with E-state index in [9.17, 15) is 0 Å². The molecule has 0 saturated carbocycles. The lowest BCUT2D eigenvalue weighted by atomic mass is 9.83. The van der Waals surface area contributed by atoms with E-state index in [1.54, 1.807) is 0 Å². The molecule has 4 nitrogen and oxygen atoms in total. The molecule has 2 fully saturated rings. The molecule has 0 aromatic rings. The maximum Gasteiger partial charge on any atom is 0.0936 e. The van der Waals surface area contributed by atoms with E-state index in [-0.39, 0.29) is 6.10 Å². The van der Waals surface area contributed by atoms with Crippen molar-refractivity contribution in [2.45, 2.75) is 52.8 Å². The van der Waals surface area contributed by atoms with Gasteiger partial charge in [0.1, 0.15) is 0 Å². The quantitative estimate of drug-likeness (QED) is 0.856. The number of hydrogen-bond acceptors (Lipinski definition) is 4. The van der Waals surface area contributed by atoms with Gasteiger partial charge in [-0.3, -0.25) is 4.90 Å². The average molecular weight is 284 g/mol. The van der Waals surface area contributed by atoms with Crippen LogP contribution in [0.2, 0.25) is 0 Å². The molecule has 0 aromatic carbocycles. The van der Waals surface area contributed by atoms with Crippen LogP contribution in [0.15, 0.2) is 0 Å². The maximum absolute atomic E-state index is 5.84. The first-order valence-corrected chi connectivity index (χ1v) is 8.04. The van der Waals surface area contributed by atoms with Gasteiger partial charge in [0.05, 0.1) is 25.9 Å². The molecule has 3 unspecified atom stereocenters. The molecule has 4 heteroatoms. The van der Waals surface area contributed by atoms with Crippen LogP contribution in [0.1, 0.15) is 34.6 Å². The zero-order valence-electron chi connectivity index (χ0n) is 13.8. The summed E-state index contributed by atoms with van der Waals surface area (Å²) in [6.07, 6.45) is 0.240. The molecule has 0 bridgehead atoms. The van der Waals surface area contributed by atoms with Gasteiger partial charge in [-0.15, -0.1) is 0 Å². The lowest BCUT2D eigenvalue weighted by Crippen LogP contribution is -2.63. The van der Waals surface area contributed by atoms with Gasteiger partial charge in [-0.2, -0.15) is 0 Å². The van der Waals surface area contributed by atoms with Crippen LogP contribution in [0.5, 0.6) is 0 Å². The van der Waals surface area contributed by atoms with Gasteiger partial charge in [-0.1, -0.05) is 34.6 Å². The van der Waals surface area contributed by atoms with Crippen molar-refractivity contribution in [2.75, 3.05) is 39.5 Å². The Hall–Kier alpha value is -0.160. The van der Waals surface area contributed by atoms with Crippen molar-refractivity contribution in [1.82, 2.24) is 10.2 Å². The third kappa shape index (κ3) is 4.17.